The fraction of sp³-hybridized carbons (Fsp3) is 0.500. The molecule has 1 aromatic rings. The molecule has 2 rings (SSSR count). The van der Waals surface area contributed by atoms with E-state index in [-0.39, 0.29) is 12.1 Å². The Bertz CT molecular complexity index is 449. The maximum atomic E-state index is 12.1. The monoisotopic (exact) mass is 284 g/mol. The van der Waals surface area contributed by atoms with E-state index in [0.29, 0.717) is 18.1 Å². The van der Waals surface area contributed by atoms with Crippen molar-refractivity contribution in [2.75, 3.05) is 18.1 Å². The first-order valence-electron chi connectivity index (χ1n) is 6.00. The number of amides is 2. The van der Waals surface area contributed by atoms with Crippen LogP contribution in [0, 0.1) is 0 Å². The lowest BCUT2D eigenvalue weighted by atomic mass is 10.2. The summed E-state index contributed by atoms with van der Waals surface area (Å²) in [5.74, 6) is 0.865. The van der Waals surface area contributed by atoms with Crippen molar-refractivity contribution < 1.29 is 19.1 Å². The molecule has 0 radical (unpaired) electrons. The topological polar surface area (TPSA) is 82.8 Å². The second-order valence-corrected chi connectivity index (χ2v) is 5.46. The van der Waals surface area contributed by atoms with Crippen LogP contribution in [-0.4, -0.2) is 46.1 Å². The van der Waals surface area contributed by atoms with E-state index in [4.69, 9.17) is 9.52 Å². The molecule has 1 aromatic heterocycles. The number of nitrogens with one attached hydrogen (secondary N) is 1. The van der Waals surface area contributed by atoms with E-state index < -0.39 is 12.0 Å². The van der Waals surface area contributed by atoms with Crippen LogP contribution in [0.4, 0.5) is 4.79 Å². The number of rotatable bonds is 3. The van der Waals surface area contributed by atoms with Crippen LogP contribution in [-0.2, 0) is 4.79 Å². The summed E-state index contributed by atoms with van der Waals surface area (Å²) in [5.41, 5.74) is 0. The lowest BCUT2D eigenvalue weighted by molar-refractivity contribution is -0.141. The van der Waals surface area contributed by atoms with Gasteiger partial charge in [-0.1, -0.05) is 0 Å². The van der Waals surface area contributed by atoms with E-state index in [2.05, 4.69) is 5.32 Å². The van der Waals surface area contributed by atoms with Gasteiger partial charge in [0.2, 0.25) is 0 Å². The summed E-state index contributed by atoms with van der Waals surface area (Å²) in [6.45, 7) is 2.24. The lowest BCUT2D eigenvalue weighted by Gasteiger charge is -2.33. The number of nitrogens with zero attached hydrogens (tertiary/aromatic N) is 1. The molecule has 0 saturated carbocycles. The molecule has 2 heterocycles. The Kier molecular flexibility index (Phi) is 4.36. The summed E-state index contributed by atoms with van der Waals surface area (Å²) in [6, 6.07) is 2.10. The highest BCUT2D eigenvalue weighted by atomic mass is 32.2. The van der Waals surface area contributed by atoms with Crippen molar-refractivity contribution in [3.05, 3.63) is 24.2 Å². The zero-order valence-corrected chi connectivity index (χ0v) is 11.4. The zero-order chi connectivity index (χ0) is 13.8. The molecule has 0 aromatic carbocycles. The number of carboxylic acids is 1. The van der Waals surface area contributed by atoms with Crippen molar-refractivity contribution in [3.8, 4) is 0 Å². The Morgan fingerprint density at radius 2 is 2.42 bits per heavy atom. The summed E-state index contributed by atoms with van der Waals surface area (Å²) >= 11 is 1.55. The van der Waals surface area contributed by atoms with Gasteiger partial charge in [-0.15, -0.1) is 0 Å². The van der Waals surface area contributed by atoms with Crippen LogP contribution in [0.5, 0.6) is 0 Å². The molecule has 6 nitrogen and oxygen atoms in total. The van der Waals surface area contributed by atoms with Crippen LogP contribution in [0.15, 0.2) is 22.8 Å². The Balaban J connectivity index is 2.00. The van der Waals surface area contributed by atoms with Crippen molar-refractivity contribution in [2.45, 2.75) is 19.0 Å². The number of furan rings is 1. The smallest absolute Gasteiger partial charge is 0.327 e. The predicted octanol–water partition coefficient (Wildman–Crippen LogP) is 1.55. The Hall–Kier alpha value is -1.63. The third-order valence-electron chi connectivity index (χ3n) is 2.98. The molecule has 0 aliphatic carbocycles. The van der Waals surface area contributed by atoms with Gasteiger partial charge in [0.05, 0.1) is 12.3 Å². The molecule has 1 fully saturated rings. The molecule has 19 heavy (non-hydrogen) atoms. The number of thioether (sulfide) groups is 1. The van der Waals surface area contributed by atoms with Crippen molar-refractivity contribution in [2.24, 2.45) is 0 Å². The SMILES string of the molecule is CC(NC(=O)N1CCSCC1C(=O)O)c1ccco1. The number of hydrogen-bond donors (Lipinski definition) is 2. The van der Waals surface area contributed by atoms with Crippen LogP contribution >= 0.6 is 11.8 Å². The van der Waals surface area contributed by atoms with E-state index in [0.717, 1.165) is 5.75 Å². The third kappa shape index (κ3) is 3.23. The number of urea groups is 1. The number of carbonyl (C=O) groups excluding carboxylic acids is 1. The highest BCUT2D eigenvalue weighted by molar-refractivity contribution is 7.99. The zero-order valence-electron chi connectivity index (χ0n) is 10.5. The van der Waals surface area contributed by atoms with E-state index >= 15 is 0 Å². The molecule has 104 valence electrons. The molecule has 2 N–H and O–H groups in total. The summed E-state index contributed by atoms with van der Waals surface area (Å²) in [4.78, 5) is 24.6. The van der Waals surface area contributed by atoms with Gasteiger partial charge < -0.3 is 19.7 Å². The van der Waals surface area contributed by atoms with E-state index in [1.807, 2.05) is 0 Å². The molecular formula is C12H16N2O4S. The van der Waals surface area contributed by atoms with Crippen molar-refractivity contribution in [1.29, 1.82) is 0 Å². The molecule has 1 aliphatic rings. The second kappa shape index (κ2) is 6.01. The summed E-state index contributed by atoms with van der Waals surface area (Å²) in [7, 11) is 0. The van der Waals surface area contributed by atoms with Crippen molar-refractivity contribution in [3.63, 3.8) is 0 Å². The summed E-state index contributed by atoms with van der Waals surface area (Å²) in [5, 5.41) is 11.9. The lowest BCUT2D eigenvalue weighted by Crippen LogP contribution is -2.54. The van der Waals surface area contributed by atoms with Gasteiger partial charge in [0.25, 0.3) is 0 Å². The quantitative estimate of drug-likeness (QED) is 0.880. The van der Waals surface area contributed by atoms with Crippen molar-refractivity contribution in [1.82, 2.24) is 10.2 Å². The fourth-order valence-corrected chi connectivity index (χ4v) is 2.97. The van der Waals surface area contributed by atoms with E-state index in [9.17, 15) is 9.59 Å². The van der Waals surface area contributed by atoms with Crippen molar-refractivity contribution >= 4 is 23.8 Å². The molecule has 2 atom stereocenters. The molecule has 2 amide bonds. The van der Waals surface area contributed by atoms with Gasteiger partial charge in [-0.05, 0) is 19.1 Å². The molecular weight excluding hydrogens is 268 g/mol. The fourth-order valence-electron chi connectivity index (χ4n) is 1.93. The Morgan fingerprint density at radius 1 is 1.63 bits per heavy atom. The first-order chi connectivity index (χ1) is 9.09. The largest absolute Gasteiger partial charge is 0.480 e. The van der Waals surface area contributed by atoms with Gasteiger partial charge in [-0.25, -0.2) is 9.59 Å². The van der Waals surface area contributed by atoms with Crippen LogP contribution in [0.3, 0.4) is 0 Å². The summed E-state index contributed by atoms with van der Waals surface area (Å²) in [6.07, 6.45) is 1.54. The third-order valence-corrected chi connectivity index (χ3v) is 4.01. The van der Waals surface area contributed by atoms with Crippen LogP contribution in [0.2, 0.25) is 0 Å². The molecule has 2 unspecified atom stereocenters. The second-order valence-electron chi connectivity index (χ2n) is 4.31. The predicted molar refractivity (Wildman–Crippen MR) is 71.1 cm³/mol. The molecule has 1 aliphatic heterocycles. The Morgan fingerprint density at radius 3 is 3.05 bits per heavy atom. The minimum Gasteiger partial charge on any atom is -0.480 e. The molecule has 1 saturated heterocycles. The molecule has 0 bridgehead atoms. The van der Waals surface area contributed by atoms with E-state index in [1.165, 1.54) is 11.2 Å². The highest BCUT2D eigenvalue weighted by Crippen LogP contribution is 2.18. The van der Waals surface area contributed by atoms with Gasteiger partial charge in [0.15, 0.2) is 0 Å². The van der Waals surface area contributed by atoms with Gasteiger partial charge in [0, 0.05) is 18.1 Å². The average Bonchev–Trinajstić information content (AvgIpc) is 2.92. The van der Waals surface area contributed by atoms with E-state index in [1.54, 1.807) is 30.8 Å². The minimum absolute atomic E-state index is 0.286. The first-order valence-corrected chi connectivity index (χ1v) is 7.16. The standard InChI is InChI=1S/C12H16N2O4S/c1-8(10-3-2-5-18-10)13-12(17)14-4-6-19-7-9(14)11(15)16/h2-3,5,8-9H,4,6-7H2,1H3,(H,13,17)(H,15,16). The van der Waals surface area contributed by atoms with Gasteiger partial charge >= 0.3 is 12.0 Å². The maximum absolute atomic E-state index is 12.1. The summed E-state index contributed by atoms with van der Waals surface area (Å²) < 4.78 is 5.20. The molecule has 0 spiro atoms. The van der Waals surface area contributed by atoms with Crippen LogP contribution < -0.4 is 5.32 Å². The normalized spacial score (nSPS) is 20.9. The Labute approximate surface area is 115 Å². The van der Waals surface area contributed by atoms with Crippen LogP contribution in [0.1, 0.15) is 18.7 Å². The molecule has 7 heteroatoms. The van der Waals surface area contributed by atoms with Crippen LogP contribution in [0.25, 0.3) is 0 Å². The van der Waals surface area contributed by atoms with Gasteiger partial charge in [-0.2, -0.15) is 11.8 Å². The first kappa shape index (κ1) is 13.8. The highest BCUT2D eigenvalue weighted by Gasteiger charge is 2.33. The number of hydrogen-bond acceptors (Lipinski definition) is 4. The van der Waals surface area contributed by atoms with Gasteiger partial charge in [-0.3, -0.25) is 0 Å². The van der Waals surface area contributed by atoms with Gasteiger partial charge in [0.1, 0.15) is 11.8 Å². The average molecular weight is 284 g/mol. The number of aliphatic carboxylic acids is 1. The minimum atomic E-state index is -0.965. The number of carboxylic acid groups (broad SMARTS) is 1. The number of carbonyl (C=O) groups is 2. The maximum Gasteiger partial charge on any atom is 0.327 e.